The maximum Gasteiger partial charge on any atom is 0.247 e. The van der Waals surface area contributed by atoms with Crippen molar-refractivity contribution in [2.24, 2.45) is 0 Å². The maximum absolute atomic E-state index is 12.8. The topological polar surface area (TPSA) is 51.0 Å². The highest BCUT2D eigenvalue weighted by molar-refractivity contribution is 5.51. The molecule has 1 aliphatic carbocycles. The molecule has 1 aromatic carbocycles. The van der Waals surface area contributed by atoms with E-state index in [-0.39, 0.29) is 5.82 Å². The number of rotatable bonds is 6. The van der Waals surface area contributed by atoms with Gasteiger partial charge in [-0.3, -0.25) is 0 Å². The number of benzene rings is 1. The smallest absolute Gasteiger partial charge is 0.247 e. The molecule has 0 aliphatic heterocycles. The van der Waals surface area contributed by atoms with Gasteiger partial charge >= 0.3 is 0 Å². The van der Waals surface area contributed by atoms with Crippen molar-refractivity contribution < 1.29 is 8.81 Å². The van der Waals surface area contributed by atoms with Gasteiger partial charge in [-0.15, -0.1) is 10.2 Å². The zero-order valence-corrected chi connectivity index (χ0v) is 10.6. The number of nitrogens with zero attached hydrogens (tertiary/aromatic N) is 2. The first kappa shape index (κ1) is 12.3. The van der Waals surface area contributed by atoms with Crippen LogP contribution in [-0.4, -0.2) is 22.8 Å². The van der Waals surface area contributed by atoms with E-state index in [4.69, 9.17) is 4.42 Å². The zero-order chi connectivity index (χ0) is 13.1. The lowest BCUT2D eigenvalue weighted by atomic mass is 10.2. The molecule has 0 atom stereocenters. The van der Waals surface area contributed by atoms with Gasteiger partial charge in [0.25, 0.3) is 0 Å². The molecule has 1 fully saturated rings. The molecule has 0 spiro atoms. The molecule has 1 aliphatic rings. The Bertz CT molecular complexity index is 534. The normalized spacial score (nSPS) is 14.8. The minimum absolute atomic E-state index is 0.269. The van der Waals surface area contributed by atoms with Crippen molar-refractivity contribution in [2.75, 3.05) is 6.54 Å². The predicted octanol–water partition coefficient (Wildman–Crippen LogP) is 2.56. The van der Waals surface area contributed by atoms with Crippen molar-refractivity contribution >= 4 is 0 Å². The van der Waals surface area contributed by atoms with Gasteiger partial charge in [-0.05, 0) is 50.1 Å². The highest BCUT2D eigenvalue weighted by Crippen LogP contribution is 2.19. The summed E-state index contributed by atoms with van der Waals surface area (Å²) in [5, 5.41) is 11.4. The fourth-order valence-electron chi connectivity index (χ4n) is 1.90. The second-order valence-corrected chi connectivity index (χ2v) is 4.84. The zero-order valence-electron chi connectivity index (χ0n) is 10.6. The van der Waals surface area contributed by atoms with Gasteiger partial charge in [-0.25, -0.2) is 4.39 Å². The second-order valence-electron chi connectivity index (χ2n) is 4.84. The quantitative estimate of drug-likeness (QED) is 0.812. The molecule has 1 heterocycles. The molecule has 0 bridgehead atoms. The number of aryl methyl sites for hydroxylation is 1. The molecule has 100 valence electrons. The highest BCUT2D eigenvalue weighted by Gasteiger charge is 2.19. The van der Waals surface area contributed by atoms with Gasteiger partial charge in [-0.1, -0.05) is 0 Å². The molecule has 1 N–H and O–H groups in total. The highest BCUT2D eigenvalue weighted by atomic mass is 19.1. The van der Waals surface area contributed by atoms with Crippen LogP contribution in [0.5, 0.6) is 0 Å². The van der Waals surface area contributed by atoms with Crippen molar-refractivity contribution in [3.63, 3.8) is 0 Å². The van der Waals surface area contributed by atoms with Crippen molar-refractivity contribution in [3.05, 3.63) is 36.0 Å². The van der Waals surface area contributed by atoms with Gasteiger partial charge in [0.15, 0.2) is 0 Å². The summed E-state index contributed by atoms with van der Waals surface area (Å²) in [6.07, 6.45) is 4.36. The summed E-state index contributed by atoms with van der Waals surface area (Å²) in [5.74, 6) is 0.816. The Morgan fingerprint density at radius 1 is 1.21 bits per heavy atom. The largest absolute Gasteiger partial charge is 0.421 e. The maximum atomic E-state index is 12.8. The fraction of sp³-hybridized carbons (Fsp3) is 0.429. The first-order chi connectivity index (χ1) is 9.31. The first-order valence-electron chi connectivity index (χ1n) is 6.63. The standard InChI is InChI=1S/C14H16FN3O/c15-11-5-3-10(4-6-11)14-18-17-13(19-14)2-1-9-16-12-7-8-12/h3-6,12,16H,1-2,7-9H2. The van der Waals surface area contributed by atoms with Gasteiger partial charge in [0, 0.05) is 18.0 Å². The first-order valence-corrected chi connectivity index (χ1v) is 6.63. The molecule has 19 heavy (non-hydrogen) atoms. The number of nitrogens with one attached hydrogen (secondary N) is 1. The van der Waals surface area contributed by atoms with E-state index in [1.54, 1.807) is 12.1 Å². The number of hydrogen-bond acceptors (Lipinski definition) is 4. The molecule has 1 saturated carbocycles. The molecular formula is C14H16FN3O. The third-order valence-corrected chi connectivity index (χ3v) is 3.14. The van der Waals surface area contributed by atoms with Crippen LogP contribution in [0.15, 0.2) is 28.7 Å². The van der Waals surface area contributed by atoms with Crippen LogP contribution in [0, 0.1) is 5.82 Å². The third kappa shape index (κ3) is 3.38. The lowest BCUT2D eigenvalue weighted by Crippen LogP contribution is -2.17. The summed E-state index contributed by atoms with van der Waals surface area (Å²) in [5.41, 5.74) is 0.747. The van der Waals surface area contributed by atoms with Gasteiger partial charge < -0.3 is 9.73 Å². The molecule has 0 amide bonds. The number of hydrogen-bond donors (Lipinski definition) is 1. The van der Waals surface area contributed by atoms with Gasteiger partial charge in [-0.2, -0.15) is 0 Å². The summed E-state index contributed by atoms with van der Waals surface area (Å²) in [6, 6.07) is 6.79. The second kappa shape index (κ2) is 5.48. The average molecular weight is 261 g/mol. The van der Waals surface area contributed by atoms with Gasteiger partial charge in [0.05, 0.1) is 0 Å². The summed E-state index contributed by atoms with van der Waals surface area (Å²) in [6.45, 7) is 0.985. The molecule has 3 rings (SSSR count). The molecule has 0 unspecified atom stereocenters. The minimum Gasteiger partial charge on any atom is -0.421 e. The van der Waals surface area contributed by atoms with Crippen LogP contribution in [0.25, 0.3) is 11.5 Å². The van der Waals surface area contributed by atoms with E-state index < -0.39 is 0 Å². The van der Waals surface area contributed by atoms with Crippen molar-refractivity contribution in [3.8, 4) is 11.5 Å². The van der Waals surface area contributed by atoms with Gasteiger partial charge in [0.2, 0.25) is 11.8 Å². The Morgan fingerprint density at radius 3 is 2.74 bits per heavy atom. The van der Waals surface area contributed by atoms with Crippen LogP contribution >= 0.6 is 0 Å². The van der Waals surface area contributed by atoms with Crippen molar-refractivity contribution in [1.82, 2.24) is 15.5 Å². The predicted molar refractivity (Wildman–Crippen MR) is 69.0 cm³/mol. The Morgan fingerprint density at radius 2 is 2.00 bits per heavy atom. The molecular weight excluding hydrogens is 245 g/mol. The SMILES string of the molecule is Fc1ccc(-c2nnc(CCCNC3CC3)o2)cc1. The third-order valence-electron chi connectivity index (χ3n) is 3.14. The molecule has 5 heteroatoms. The van der Waals surface area contributed by atoms with Gasteiger partial charge in [0.1, 0.15) is 5.82 Å². The Balaban J connectivity index is 1.54. The summed E-state index contributed by atoms with van der Waals surface area (Å²) in [4.78, 5) is 0. The number of halogens is 1. The van der Waals surface area contributed by atoms with Crippen molar-refractivity contribution in [1.29, 1.82) is 0 Å². The van der Waals surface area contributed by atoms with Crippen molar-refractivity contribution in [2.45, 2.75) is 31.7 Å². The van der Waals surface area contributed by atoms with Crippen LogP contribution in [-0.2, 0) is 6.42 Å². The van der Waals surface area contributed by atoms with E-state index in [1.165, 1.54) is 25.0 Å². The number of aromatic nitrogens is 2. The lowest BCUT2D eigenvalue weighted by molar-refractivity contribution is 0.491. The van der Waals surface area contributed by atoms with Crippen LogP contribution in [0.2, 0.25) is 0 Å². The van der Waals surface area contributed by atoms with Crippen LogP contribution in [0.3, 0.4) is 0 Å². The fourth-order valence-corrected chi connectivity index (χ4v) is 1.90. The van der Waals surface area contributed by atoms with E-state index in [0.29, 0.717) is 11.8 Å². The van der Waals surface area contributed by atoms with Crippen LogP contribution in [0.1, 0.15) is 25.2 Å². The Kier molecular flexibility index (Phi) is 3.55. The Hall–Kier alpha value is -1.75. The molecule has 2 aromatic rings. The van der Waals surface area contributed by atoms with Crippen LogP contribution in [0.4, 0.5) is 4.39 Å². The monoisotopic (exact) mass is 261 g/mol. The molecule has 4 nitrogen and oxygen atoms in total. The summed E-state index contributed by atoms with van der Waals surface area (Å²) in [7, 11) is 0. The average Bonchev–Trinajstić information content (AvgIpc) is 3.13. The van der Waals surface area contributed by atoms with E-state index in [0.717, 1.165) is 31.0 Å². The van der Waals surface area contributed by atoms with E-state index >= 15 is 0 Å². The van der Waals surface area contributed by atoms with E-state index in [9.17, 15) is 4.39 Å². The summed E-state index contributed by atoms with van der Waals surface area (Å²) < 4.78 is 18.4. The molecule has 0 radical (unpaired) electrons. The summed E-state index contributed by atoms with van der Waals surface area (Å²) >= 11 is 0. The Labute approximate surface area is 111 Å². The van der Waals surface area contributed by atoms with Crippen LogP contribution < -0.4 is 5.32 Å². The van der Waals surface area contributed by atoms with E-state index in [2.05, 4.69) is 15.5 Å². The van der Waals surface area contributed by atoms with E-state index in [1.807, 2.05) is 0 Å². The molecule has 0 saturated heterocycles. The lowest BCUT2D eigenvalue weighted by Gasteiger charge is -1.99. The molecule has 1 aromatic heterocycles. The minimum atomic E-state index is -0.269.